The van der Waals surface area contributed by atoms with Crippen molar-refractivity contribution < 1.29 is 15.0 Å². The predicted octanol–water partition coefficient (Wildman–Crippen LogP) is 1.64. The standard InChI is InChI=1S/C15H21NO3/c1-10(2)12-4-6-13(7-5-12)15(19)14(18)8-9-16-11(3)17/h4-7,14-15,18-19H,1,8-9H2,2-3H3,(H,16,17). The van der Waals surface area contributed by atoms with Gasteiger partial charge in [0.25, 0.3) is 0 Å². The van der Waals surface area contributed by atoms with E-state index >= 15 is 0 Å². The molecule has 4 nitrogen and oxygen atoms in total. The van der Waals surface area contributed by atoms with E-state index in [-0.39, 0.29) is 5.91 Å². The van der Waals surface area contributed by atoms with E-state index in [9.17, 15) is 15.0 Å². The van der Waals surface area contributed by atoms with Gasteiger partial charge in [0.15, 0.2) is 0 Å². The van der Waals surface area contributed by atoms with Gasteiger partial charge in [0.2, 0.25) is 5.91 Å². The summed E-state index contributed by atoms with van der Waals surface area (Å²) >= 11 is 0. The first-order valence-electron chi connectivity index (χ1n) is 6.28. The molecule has 1 amide bonds. The Morgan fingerprint density at radius 2 is 1.84 bits per heavy atom. The molecule has 2 unspecified atom stereocenters. The van der Waals surface area contributed by atoms with Crippen LogP contribution in [-0.4, -0.2) is 28.8 Å². The summed E-state index contributed by atoms with van der Waals surface area (Å²) < 4.78 is 0. The van der Waals surface area contributed by atoms with Crippen molar-refractivity contribution in [2.24, 2.45) is 0 Å². The van der Waals surface area contributed by atoms with Crippen LogP contribution in [0.5, 0.6) is 0 Å². The molecule has 104 valence electrons. The predicted molar refractivity (Wildman–Crippen MR) is 75.4 cm³/mol. The number of aliphatic hydroxyl groups excluding tert-OH is 2. The van der Waals surface area contributed by atoms with E-state index in [1.807, 2.05) is 19.1 Å². The molecule has 0 saturated carbocycles. The Hall–Kier alpha value is -1.65. The molecule has 4 heteroatoms. The highest BCUT2D eigenvalue weighted by molar-refractivity contribution is 5.72. The third-order valence-corrected chi connectivity index (χ3v) is 2.92. The van der Waals surface area contributed by atoms with Crippen LogP contribution in [0.3, 0.4) is 0 Å². The summed E-state index contributed by atoms with van der Waals surface area (Å²) in [5, 5.41) is 22.4. The summed E-state index contributed by atoms with van der Waals surface area (Å²) in [4.78, 5) is 10.7. The Balaban J connectivity index is 2.58. The van der Waals surface area contributed by atoms with Gasteiger partial charge in [-0.2, -0.15) is 0 Å². The number of hydrogen-bond donors (Lipinski definition) is 3. The van der Waals surface area contributed by atoms with Crippen LogP contribution in [-0.2, 0) is 4.79 Å². The number of hydrogen-bond acceptors (Lipinski definition) is 3. The molecule has 2 atom stereocenters. The van der Waals surface area contributed by atoms with Crippen molar-refractivity contribution in [3.05, 3.63) is 42.0 Å². The molecule has 1 aromatic carbocycles. The first-order chi connectivity index (χ1) is 8.91. The van der Waals surface area contributed by atoms with Gasteiger partial charge >= 0.3 is 0 Å². The van der Waals surface area contributed by atoms with Crippen molar-refractivity contribution >= 4 is 11.5 Å². The maximum atomic E-state index is 10.7. The first kappa shape index (κ1) is 15.4. The number of amides is 1. The second kappa shape index (κ2) is 7.07. The maximum Gasteiger partial charge on any atom is 0.216 e. The van der Waals surface area contributed by atoms with Crippen molar-refractivity contribution in [3.63, 3.8) is 0 Å². The summed E-state index contributed by atoms with van der Waals surface area (Å²) in [6.07, 6.45) is -1.54. The molecule has 3 N–H and O–H groups in total. The molecule has 0 aliphatic carbocycles. The number of nitrogens with one attached hydrogen (secondary N) is 1. The molecule has 0 saturated heterocycles. The van der Waals surface area contributed by atoms with Gasteiger partial charge in [0, 0.05) is 13.5 Å². The lowest BCUT2D eigenvalue weighted by molar-refractivity contribution is -0.119. The van der Waals surface area contributed by atoms with Crippen molar-refractivity contribution in [1.29, 1.82) is 0 Å². The Bertz CT molecular complexity index is 439. The Morgan fingerprint density at radius 1 is 1.26 bits per heavy atom. The molecule has 0 spiro atoms. The van der Waals surface area contributed by atoms with E-state index in [0.717, 1.165) is 11.1 Å². The number of benzene rings is 1. The lowest BCUT2D eigenvalue weighted by Crippen LogP contribution is -2.27. The molecule has 0 radical (unpaired) electrons. The van der Waals surface area contributed by atoms with Crippen LogP contribution >= 0.6 is 0 Å². The smallest absolute Gasteiger partial charge is 0.216 e. The van der Waals surface area contributed by atoms with Crippen molar-refractivity contribution in [2.75, 3.05) is 6.54 Å². The highest BCUT2D eigenvalue weighted by atomic mass is 16.3. The number of carbonyl (C=O) groups excluding carboxylic acids is 1. The SMILES string of the molecule is C=C(C)c1ccc(C(O)C(O)CCNC(C)=O)cc1. The van der Waals surface area contributed by atoms with E-state index < -0.39 is 12.2 Å². The number of carbonyl (C=O) groups is 1. The number of aliphatic hydroxyl groups is 2. The summed E-state index contributed by atoms with van der Waals surface area (Å²) in [7, 11) is 0. The quantitative estimate of drug-likeness (QED) is 0.730. The molecular weight excluding hydrogens is 242 g/mol. The molecule has 0 fully saturated rings. The third-order valence-electron chi connectivity index (χ3n) is 2.92. The second-order valence-corrected chi connectivity index (χ2v) is 4.69. The highest BCUT2D eigenvalue weighted by Crippen LogP contribution is 2.21. The van der Waals surface area contributed by atoms with E-state index in [4.69, 9.17) is 0 Å². The van der Waals surface area contributed by atoms with E-state index in [1.165, 1.54) is 6.92 Å². The van der Waals surface area contributed by atoms with Gasteiger partial charge in [-0.3, -0.25) is 4.79 Å². The van der Waals surface area contributed by atoms with Crippen molar-refractivity contribution in [3.8, 4) is 0 Å². The molecule has 1 rings (SSSR count). The average Bonchev–Trinajstić information content (AvgIpc) is 2.37. The summed E-state index contributed by atoms with van der Waals surface area (Å²) in [5.74, 6) is -0.146. The normalized spacial score (nSPS) is 13.7. The third kappa shape index (κ3) is 4.85. The minimum absolute atomic E-state index is 0.146. The molecule has 0 aliphatic rings. The van der Waals surface area contributed by atoms with E-state index in [2.05, 4.69) is 11.9 Å². The van der Waals surface area contributed by atoms with Crippen LogP contribution < -0.4 is 5.32 Å². The van der Waals surface area contributed by atoms with Crippen LogP contribution in [0.15, 0.2) is 30.8 Å². The van der Waals surface area contributed by atoms with Crippen molar-refractivity contribution in [2.45, 2.75) is 32.5 Å². The number of rotatable bonds is 6. The molecule has 0 heterocycles. The molecule has 1 aromatic rings. The minimum Gasteiger partial charge on any atom is -0.390 e. The van der Waals surface area contributed by atoms with Gasteiger partial charge in [-0.15, -0.1) is 0 Å². The Morgan fingerprint density at radius 3 is 2.32 bits per heavy atom. The van der Waals surface area contributed by atoms with Gasteiger partial charge < -0.3 is 15.5 Å². The Labute approximate surface area is 113 Å². The van der Waals surface area contributed by atoms with Gasteiger partial charge in [-0.1, -0.05) is 36.4 Å². The average molecular weight is 263 g/mol. The molecule has 0 aliphatic heterocycles. The van der Waals surface area contributed by atoms with Crippen LogP contribution in [0, 0.1) is 0 Å². The highest BCUT2D eigenvalue weighted by Gasteiger charge is 2.17. The zero-order valence-corrected chi connectivity index (χ0v) is 11.4. The summed E-state index contributed by atoms with van der Waals surface area (Å²) in [6, 6.07) is 7.27. The van der Waals surface area contributed by atoms with Gasteiger partial charge in [-0.05, 0) is 24.5 Å². The lowest BCUT2D eigenvalue weighted by atomic mass is 9.99. The monoisotopic (exact) mass is 263 g/mol. The first-order valence-corrected chi connectivity index (χ1v) is 6.28. The number of allylic oxidation sites excluding steroid dienone is 1. The van der Waals surface area contributed by atoms with Crippen LogP contribution in [0.25, 0.3) is 5.57 Å². The van der Waals surface area contributed by atoms with Crippen LogP contribution in [0.2, 0.25) is 0 Å². The Kier molecular flexibility index (Phi) is 5.73. The van der Waals surface area contributed by atoms with Crippen LogP contribution in [0.4, 0.5) is 0 Å². The molecule has 19 heavy (non-hydrogen) atoms. The minimum atomic E-state index is -0.951. The van der Waals surface area contributed by atoms with Gasteiger partial charge in [-0.25, -0.2) is 0 Å². The van der Waals surface area contributed by atoms with Crippen LogP contribution in [0.1, 0.15) is 37.5 Å². The lowest BCUT2D eigenvalue weighted by Gasteiger charge is -2.18. The van der Waals surface area contributed by atoms with Gasteiger partial charge in [0.05, 0.1) is 6.10 Å². The fourth-order valence-corrected chi connectivity index (χ4v) is 1.74. The fraction of sp³-hybridized carbons (Fsp3) is 0.400. The van der Waals surface area contributed by atoms with Gasteiger partial charge in [0.1, 0.15) is 6.10 Å². The topological polar surface area (TPSA) is 69.6 Å². The second-order valence-electron chi connectivity index (χ2n) is 4.69. The molecule has 0 aromatic heterocycles. The zero-order chi connectivity index (χ0) is 14.4. The van der Waals surface area contributed by atoms with E-state index in [1.54, 1.807) is 12.1 Å². The van der Waals surface area contributed by atoms with Crippen molar-refractivity contribution in [1.82, 2.24) is 5.32 Å². The molecular formula is C15H21NO3. The fourth-order valence-electron chi connectivity index (χ4n) is 1.74. The largest absolute Gasteiger partial charge is 0.390 e. The summed E-state index contributed by atoms with van der Waals surface area (Å²) in [5.41, 5.74) is 2.61. The summed E-state index contributed by atoms with van der Waals surface area (Å²) in [6.45, 7) is 7.51. The molecule has 0 bridgehead atoms. The van der Waals surface area contributed by atoms with E-state index in [0.29, 0.717) is 18.5 Å². The zero-order valence-electron chi connectivity index (χ0n) is 11.4. The maximum absolute atomic E-state index is 10.7.